The number of aliphatic imine (C=N–C) groups is 1. The van der Waals surface area contributed by atoms with E-state index in [2.05, 4.69) is 46.4 Å². The maximum absolute atomic E-state index is 5.96. The van der Waals surface area contributed by atoms with Crippen LogP contribution in [0, 0.1) is 0 Å². The van der Waals surface area contributed by atoms with Crippen molar-refractivity contribution in [1.29, 1.82) is 0 Å². The first kappa shape index (κ1) is 15.8. The number of nitrogens with one attached hydrogen (secondary N) is 1. The fourth-order valence-electron chi connectivity index (χ4n) is 2.85. The van der Waals surface area contributed by atoms with Crippen molar-refractivity contribution in [1.82, 2.24) is 10.2 Å². The summed E-state index contributed by atoms with van der Waals surface area (Å²) in [6.07, 6.45) is 4.76. The second-order valence-corrected chi connectivity index (χ2v) is 5.69. The molecule has 1 aromatic carbocycles. The Hall–Kier alpha value is -1.55. The number of benzene rings is 1. The summed E-state index contributed by atoms with van der Waals surface area (Å²) < 4.78 is 0. The average molecular weight is 288 g/mol. The molecule has 3 N–H and O–H groups in total. The summed E-state index contributed by atoms with van der Waals surface area (Å²) in [7, 11) is 0. The van der Waals surface area contributed by atoms with Crippen molar-refractivity contribution in [3.63, 3.8) is 0 Å². The number of hydrogen-bond donors (Lipinski definition) is 2. The van der Waals surface area contributed by atoms with E-state index in [1.807, 2.05) is 6.07 Å². The monoisotopic (exact) mass is 288 g/mol. The van der Waals surface area contributed by atoms with Crippen LogP contribution in [0.25, 0.3) is 0 Å². The topological polar surface area (TPSA) is 53.6 Å². The van der Waals surface area contributed by atoms with Crippen molar-refractivity contribution >= 4 is 5.96 Å². The molecule has 116 valence electrons. The lowest BCUT2D eigenvalue weighted by Gasteiger charge is -2.24. The molecule has 1 aromatic rings. The fourth-order valence-corrected chi connectivity index (χ4v) is 2.85. The Morgan fingerprint density at radius 3 is 2.67 bits per heavy atom. The van der Waals surface area contributed by atoms with Gasteiger partial charge in [0.05, 0.1) is 6.54 Å². The molecule has 0 bridgehead atoms. The smallest absolute Gasteiger partial charge is 0.188 e. The Morgan fingerprint density at radius 2 is 2.00 bits per heavy atom. The van der Waals surface area contributed by atoms with Gasteiger partial charge in [0.15, 0.2) is 5.96 Å². The van der Waals surface area contributed by atoms with Crippen molar-refractivity contribution in [3.8, 4) is 0 Å². The molecule has 2 rings (SSSR count). The van der Waals surface area contributed by atoms with Gasteiger partial charge < -0.3 is 11.1 Å². The summed E-state index contributed by atoms with van der Waals surface area (Å²) in [4.78, 5) is 7.06. The summed E-state index contributed by atoms with van der Waals surface area (Å²) in [5, 5.41) is 3.21. The van der Waals surface area contributed by atoms with Gasteiger partial charge in [-0.1, -0.05) is 37.3 Å². The van der Waals surface area contributed by atoms with Crippen LogP contribution in [0.15, 0.2) is 35.3 Å². The van der Waals surface area contributed by atoms with Crippen molar-refractivity contribution in [2.24, 2.45) is 10.7 Å². The van der Waals surface area contributed by atoms with Crippen molar-refractivity contribution in [2.45, 2.75) is 38.6 Å². The maximum Gasteiger partial charge on any atom is 0.188 e. The van der Waals surface area contributed by atoms with E-state index in [9.17, 15) is 0 Å². The van der Waals surface area contributed by atoms with Crippen LogP contribution in [0.3, 0.4) is 0 Å². The Labute approximate surface area is 128 Å². The van der Waals surface area contributed by atoms with Crippen molar-refractivity contribution in [2.75, 3.05) is 26.2 Å². The van der Waals surface area contributed by atoms with Gasteiger partial charge in [-0.25, -0.2) is 0 Å². The van der Waals surface area contributed by atoms with E-state index in [1.165, 1.54) is 31.5 Å². The molecule has 0 radical (unpaired) electrons. The summed E-state index contributed by atoms with van der Waals surface area (Å²) >= 11 is 0. The molecule has 0 aliphatic carbocycles. The third kappa shape index (κ3) is 5.38. The molecule has 0 spiro atoms. The molecule has 1 atom stereocenters. The van der Waals surface area contributed by atoms with Gasteiger partial charge in [-0.15, -0.1) is 0 Å². The first-order valence-electron chi connectivity index (χ1n) is 8.11. The highest BCUT2D eigenvalue weighted by Gasteiger charge is 2.19. The van der Waals surface area contributed by atoms with Gasteiger partial charge in [0, 0.05) is 12.6 Å². The SMILES string of the molecule is CCC(CN=C(N)NCCc1ccccc1)N1CCCC1. The lowest BCUT2D eigenvalue weighted by Crippen LogP contribution is -2.38. The number of likely N-dealkylation sites (tertiary alicyclic amines) is 1. The first-order valence-corrected chi connectivity index (χ1v) is 8.11. The quantitative estimate of drug-likeness (QED) is 0.596. The average Bonchev–Trinajstić information content (AvgIpc) is 3.03. The second-order valence-electron chi connectivity index (χ2n) is 5.69. The molecule has 1 heterocycles. The molecule has 1 unspecified atom stereocenters. The highest BCUT2D eigenvalue weighted by Crippen LogP contribution is 2.14. The highest BCUT2D eigenvalue weighted by molar-refractivity contribution is 5.77. The Balaban J connectivity index is 1.70. The Morgan fingerprint density at radius 1 is 1.29 bits per heavy atom. The zero-order valence-electron chi connectivity index (χ0n) is 13.1. The van der Waals surface area contributed by atoms with Crippen LogP contribution < -0.4 is 11.1 Å². The molecule has 1 saturated heterocycles. The van der Waals surface area contributed by atoms with Gasteiger partial charge in [-0.3, -0.25) is 9.89 Å². The van der Waals surface area contributed by atoms with Gasteiger partial charge in [-0.05, 0) is 44.3 Å². The standard InChI is InChI=1S/C17H28N4/c1-2-16(21-12-6-7-13-21)14-20-17(18)19-11-10-15-8-4-3-5-9-15/h3-5,8-9,16H,2,6-7,10-14H2,1H3,(H3,18,19,20). The maximum atomic E-state index is 5.96. The van der Waals surface area contributed by atoms with Gasteiger partial charge in [0.2, 0.25) is 0 Å². The second kappa shape index (κ2) is 8.67. The molecule has 1 fully saturated rings. The molecule has 0 aromatic heterocycles. The van der Waals surface area contributed by atoms with Gasteiger partial charge in [0.1, 0.15) is 0 Å². The predicted molar refractivity (Wildman–Crippen MR) is 89.5 cm³/mol. The lowest BCUT2D eigenvalue weighted by molar-refractivity contribution is 0.242. The molecule has 1 aliphatic rings. The van der Waals surface area contributed by atoms with Gasteiger partial charge in [-0.2, -0.15) is 0 Å². The molecular formula is C17H28N4. The van der Waals surface area contributed by atoms with Crippen LogP contribution in [-0.4, -0.2) is 43.1 Å². The highest BCUT2D eigenvalue weighted by atomic mass is 15.2. The van der Waals surface area contributed by atoms with Crippen LogP contribution in [0.2, 0.25) is 0 Å². The van der Waals surface area contributed by atoms with E-state index >= 15 is 0 Å². The minimum Gasteiger partial charge on any atom is -0.370 e. The third-order valence-corrected chi connectivity index (χ3v) is 4.16. The molecule has 4 heteroatoms. The minimum absolute atomic E-state index is 0.543. The van der Waals surface area contributed by atoms with Crippen molar-refractivity contribution in [3.05, 3.63) is 35.9 Å². The van der Waals surface area contributed by atoms with Crippen LogP contribution in [0.1, 0.15) is 31.7 Å². The van der Waals surface area contributed by atoms with Crippen LogP contribution in [-0.2, 0) is 6.42 Å². The molecular weight excluding hydrogens is 260 g/mol. The van der Waals surface area contributed by atoms with Crippen molar-refractivity contribution < 1.29 is 0 Å². The number of nitrogens with zero attached hydrogens (tertiary/aromatic N) is 2. The first-order chi connectivity index (χ1) is 10.3. The molecule has 1 aliphatic heterocycles. The normalized spacial score (nSPS) is 17.9. The van der Waals surface area contributed by atoms with Crippen LogP contribution >= 0.6 is 0 Å². The van der Waals surface area contributed by atoms with Crippen LogP contribution in [0.5, 0.6) is 0 Å². The third-order valence-electron chi connectivity index (χ3n) is 4.16. The van der Waals surface area contributed by atoms with E-state index in [4.69, 9.17) is 5.73 Å². The summed E-state index contributed by atoms with van der Waals surface area (Å²) in [6, 6.07) is 11.0. The zero-order chi connectivity index (χ0) is 14.9. The number of guanidine groups is 1. The number of rotatable bonds is 7. The predicted octanol–water partition coefficient (Wildman–Crippen LogP) is 2.01. The molecule has 4 nitrogen and oxygen atoms in total. The van der Waals surface area contributed by atoms with E-state index in [-0.39, 0.29) is 0 Å². The molecule has 0 saturated carbocycles. The summed E-state index contributed by atoms with van der Waals surface area (Å²) in [6.45, 7) is 6.31. The van der Waals surface area contributed by atoms with E-state index < -0.39 is 0 Å². The minimum atomic E-state index is 0.543. The number of hydrogen-bond acceptors (Lipinski definition) is 2. The number of nitrogens with two attached hydrogens (primary N) is 1. The fraction of sp³-hybridized carbons (Fsp3) is 0.588. The molecule has 0 amide bonds. The summed E-state index contributed by atoms with van der Waals surface area (Å²) in [5.41, 5.74) is 7.28. The lowest BCUT2D eigenvalue weighted by atomic mass is 10.1. The van der Waals surface area contributed by atoms with E-state index in [1.54, 1.807) is 0 Å². The molecule has 21 heavy (non-hydrogen) atoms. The van der Waals surface area contributed by atoms with E-state index in [0.717, 1.165) is 25.9 Å². The summed E-state index contributed by atoms with van der Waals surface area (Å²) in [5.74, 6) is 0.573. The zero-order valence-corrected chi connectivity index (χ0v) is 13.1. The van der Waals surface area contributed by atoms with Gasteiger partial charge in [0.25, 0.3) is 0 Å². The Bertz CT molecular complexity index is 424. The van der Waals surface area contributed by atoms with E-state index in [0.29, 0.717) is 12.0 Å². The van der Waals surface area contributed by atoms with Crippen LogP contribution in [0.4, 0.5) is 0 Å². The largest absolute Gasteiger partial charge is 0.370 e. The Kier molecular flexibility index (Phi) is 6.54. The van der Waals surface area contributed by atoms with Gasteiger partial charge >= 0.3 is 0 Å².